The highest BCUT2D eigenvalue weighted by Gasteiger charge is 2.29. The number of phenols is 1. The molecule has 0 saturated heterocycles. The summed E-state index contributed by atoms with van der Waals surface area (Å²) in [5.41, 5.74) is 3.76. The first-order valence-corrected chi connectivity index (χ1v) is 9.39. The Labute approximate surface area is 160 Å². The average molecular weight is 365 g/mol. The molecule has 142 valence electrons. The van der Waals surface area contributed by atoms with Gasteiger partial charge in [-0.05, 0) is 80.6 Å². The normalized spacial score (nSPS) is 21.5. The Bertz CT molecular complexity index is 841. The summed E-state index contributed by atoms with van der Waals surface area (Å²) >= 11 is 0. The molecule has 2 aromatic rings. The van der Waals surface area contributed by atoms with Gasteiger partial charge < -0.3 is 15.1 Å². The number of allylic oxidation sites excluding steroid dienone is 1. The molecule has 4 heteroatoms. The fourth-order valence-corrected chi connectivity index (χ4v) is 4.08. The van der Waals surface area contributed by atoms with Crippen LogP contribution in [0.1, 0.15) is 46.7 Å². The molecule has 27 heavy (non-hydrogen) atoms. The molecular weight excluding hydrogens is 338 g/mol. The van der Waals surface area contributed by atoms with Crippen LogP contribution in [0.25, 0.3) is 6.08 Å². The zero-order valence-corrected chi connectivity index (χ0v) is 15.9. The van der Waals surface area contributed by atoms with Crippen molar-refractivity contribution in [3.8, 4) is 5.75 Å². The van der Waals surface area contributed by atoms with E-state index in [1.54, 1.807) is 24.3 Å². The summed E-state index contributed by atoms with van der Waals surface area (Å²) < 4.78 is 0. The number of aromatic carboxylic acids is 1. The van der Waals surface area contributed by atoms with Crippen LogP contribution in [0.5, 0.6) is 5.75 Å². The highest BCUT2D eigenvalue weighted by Crippen LogP contribution is 2.42. The van der Waals surface area contributed by atoms with E-state index in [1.807, 2.05) is 18.2 Å². The molecule has 0 radical (unpaired) electrons. The van der Waals surface area contributed by atoms with Gasteiger partial charge in [0, 0.05) is 6.54 Å². The van der Waals surface area contributed by atoms with Crippen molar-refractivity contribution >= 4 is 12.0 Å². The first kappa shape index (κ1) is 19.2. The standard InChI is InChI=1S/C23H27NO3/c1-24(2)15-20-10-9-17(11-16-5-3-7-19(12-16)23(26)27)13-22(20)18-6-4-8-21(25)14-18/h3-8,11-12,14,20,22,25H,9-10,13,15H2,1-2H3,(H,26,27)/b17-11+/t20-,22-/m1/s1. The van der Waals surface area contributed by atoms with E-state index in [0.29, 0.717) is 23.1 Å². The van der Waals surface area contributed by atoms with Crippen molar-refractivity contribution in [2.75, 3.05) is 20.6 Å². The minimum absolute atomic E-state index is 0.307. The van der Waals surface area contributed by atoms with Crippen molar-refractivity contribution in [1.82, 2.24) is 4.90 Å². The van der Waals surface area contributed by atoms with Crippen molar-refractivity contribution in [2.24, 2.45) is 5.92 Å². The van der Waals surface area contributed by atoms with Crippen molar-refractivity contribution < 1.29 is 15.0 Å². The molecule has 1 fully saturated rings. The zero-order valence-electron chi connectivity index (χ0n) is 15.9. The second-order valence-corrected chi connectivity index (χ2v) is 7.70. The van der Waals surface area contributed by atoms with Gasteiger partial charge in [-0.3, -0.25) is 0 Å². The van der Waals surface area contributed by atoms with Crippen LogP contribution in [-0.4, -0.2) is 41.7 Å². The van der Waals surface area contributed by atoms with Gasteiger partial charge in [-0.1, -0.05) is 35.9 Å². The van der Waals surface area contributed by atoms with Crippen LogP contribution < -0.4 is 0 Å². The van der Waals surface area contributed by atoms with E-state index in [0.717, 1.165) is 31.4 Å². The summed E-state index contributed by atoms with van der Waals surface area (Å²) in [6.07, 6.45) is 5.17. The minimum atomic E-state index is -0.900. The zero-order chi connectivity index (χ0) is 19.4. The largest absolute Gasteiger partial charge is 0.508 e. The number of carboxylic acids is 1. The minimum Gasteiger partial charge on any atom is -0.508 e. The third-order valence-corrected chi connectivity index (χ3v) is 5.29. The van der Waals surface area contributed by atoms with Gasteiger partial charge in [-0.25, -0.2) is 4.79 Å². The Morgan fingerprint density at radius 2 is 1.96 bits per heavy atom. The lowest BCUT2D eigenvalue weighted by Gasteiger charge is -2.35. The third-order valence-electron chi connectivity index (χ3n) is 5.29. The lowest BCUT2D eigenvalue weighted by atomic mass is 9.73. The average Bonchev–Trinajstić information content (AvgIpc) is 2.63. The van der Waals surface area contributed by atoms with Crippen molar-refractivity contribution in [2.45, 2.75) is 25.2 Å². The van der Waals surface area contributed by atoms with Gasteiger partial charge in [0.1, 0.15) is 5.75 Å². The first-order valence-electron chi connectivity index (χ1n) is 9.39. The number of hydrogen-bond donors (Lipinski definition) is 2. The molecule has 3 rings (SSSR count). The van der Waals surface area contributed by atoms with E-state index in [4.69, 9.17) is 0 Å². The summed E-state index contributed by atoms with van der Waals surface area (Å²) in [6.45, 7) is 1.02. The molecule has 1 aliphatic carbocycles. The van der Waals surface area contributed by atoms with Crippen molar-refractivity contribution in [1.29, 1.82) is 0 Å². The summed E-state index contributed by atoms with van der Waals surface area (Å²) in [4.78, 5) is 13.4. The Hall–Kier alpha value is -2.59. The summed E-state index contributed by atoms with van der Waals surface area (Å²) in [6, 6.07) is 14.7. The topological polar surface area (TPSA) is 60.8 Å². The second-order valence-electron chi connectivity index (χ2n) is 7.70. The highest BCUT2D eigenvalue weighted by atomic mass is 16.4. The fraction of sp³-hybridized carbons (Fsp3) is 0.348. The number of nitrogens with zero attached hydrogens (tertiary/aromatic N) is 1. The van der Waals surface area contributed by atoms with Gasteiger partial charge in [-0.15, -0.1) is 0 Å². The van der Waals surface area contributed by atoms with Gasteiger partial charge in [0.15, 0.2) is 0 Å². The maximum Gasteiger partial charge on any atom is 0.335 e. The lowest BCUT2D eigenvalue weighted by molar-refractivity contribution is 0.0697. The maximum atomic E-state index is 11.2. The molecule has 1 saturated carbocycles. The number of hydrogen-bond acceptors (Lipinski definition) is 3. The third kappa shape index (κ3) is 4.98. The fourth-order valence-electron chi connectivity index (χ4n) is 4.08. The molecule has 2 atom stereocenters. The summed E-state index contributed by atoms with van der Waals surface area (Å²) in [5, 5.41) is 19.1. The monoisotopic (exact) mass is 365 g/mol. The van der Waals surface area contributed by atoms with Crippen LogP contribution in [0.3, 0.4) is 0 Å². The van der Waals surface area contributed by atoms with Gasteiger partial charge in [0.25, 0.3) is 0 Å². The number of aromatic hydroxyl groups is 1. The van der Waals surface area contributed by atoms with E-state index < -0.39 is 5.97 Å². The highest BCUT2D eigenvalue weighted by molar-refractivity contribution is 5.88. The van der Waals surface area contributed by atoms with Crippen LogP contribution >= 0.6 is 0 Å². The maximum absolute atomic E-state index is 11.2. The molecule has 0 heterocycles. The second kappa shape index (κ2) is 8.40. The van der Waals surface area contributed by atoms with Crippen LogP contribution in [0.4, 0.5) is 0 Å². The van der Waals surface area contributed by atoms with Crippen LogP contribution in [0.15, 0.2) is 54.1 Å². The molecular formula is C23H27NO3. The number of carboxylic acid groups (broad SMARTS) is 1. The van der Waals surface area contributed by atoms with E-state index >= 15 is 0 Å². The summed E-state index contributed by atoms with van der Waals surface area (Å²) in [5.74, 6) is 0.287. The van der Waals surface area contributed by atoms with Gasteiger partial charge >= 0.3 is 5.97 Å². The number of carbonyl (C=O) groups is 1. The molecule has 0 aliphatic heterocycles. The van der Waals surface area contributed by atoms with Gasteiger partial charge in [-0.2, -0.15) is 0 Å². The molecule has 0 amide bonds. The molecule has 1 aliphatic rings. The van der Waals surface area contributed by atoms with Crippen LogP contribution in [-0.2, 0) is 0 Å². The van der Waals surface area contributed by atoms with E-state index in [-0.39, 0.29) is 0 Å². The number of phenolic OH excluding ortho intramolecular Hbond substituents is 1. The van der Waals surface area contributed by atoms with Crippen LogP contribution in [0, 0.1) is 5.92 Å². The van der Waals surface area contributed by atoms with Crippen molar-refractivity contribution in [3.63, 3.8) is 0 Å². The predicted molar refractivity (Wildman–Crippen MR) is 108 cm³/mol. The Morgan fingerprint density at radius 3 is 2.67 bits per heavy atom. The SMILES string of the molecule is CN(C)C[C@H]1CC/C(=C\c2cccc(C(=O)O)c2)C[C@@H]1c1cccc(O)c1. The van der Waals surface area contributed by atoms with E-state index in [2.05, 4.69) is 31.1 Å². The molecule has 2 aromatic carbocycles. The molecule has 0 spiro atoms. The Balaban J connectivity index is 1.87. The van der Waals surface area contributed by atoms with Crippen LogP contribution in [0.2, 0.25) is 0 Å². The van der Waals surface area contributed by atoms with E-state index in [9.17, 15) is 15.0 Å². The lowest BCUT2D eigenvalue weighted by Crippen LogP contribution is -2.29. The van der Waals surface area contributed by atoms with Gasteiger partial charge in [0.05, 0.1) is 5.56 Å². The molecule has 4 nitrogen and oxygen atoms in total. The smallest absolute Gasteiger partial charge is 0.335 e. The first-order chi connectivity index (χ1) is 12.9. The molecule has 0 bridgehead atoms. The Kier molecular flexibility index (Phi) is 5.97. The molecule has 0 aromatic heterocycles. The number of rotatable bonds is 5. The van der Waals surface area contributed by atoms with E-state index in [1.165, 1.54) is 11.1 Å². The Morgan fingerprint density at radius 1 is 1.19 bits per heavy atom. The molecule has 2 N–H and O–H groups in total. The quantitative estimate of drug-likeness (QED) is 0.812. The van der Waals surface area contributed by atoms with Gasteiger partial charge in [0.2, 0.25) is 0 Å². The van der Waals surface area contributed by atoms with Crippen molar-refractivity contribution in [3.05, 3.63) is 70.8 Å². The predicted octanol–water partition coefficient (Wildman–Crippen LogP) is 4.62. The summed E-state index contributed by atoms with van der Waals surface area (Å²) in [7, 11) is 4.20. The molecule has 0 unspecified atom stereocenters. The number of benzene rings is 2.